The number of rotatable bonds is 10. The van der Waals surface area contributed by atoms with Crippen molar-refractivity contribution in [1.82, 2.24) is 9.55 Å². The fourth-order valence-electron chi connectivity index (χ4n) is 2.99. The molecule has 3 aromatic rings. The van der Waals surface area contributed by atoms with Gasteiger partial charge in [0.1, 0.15) is 0 Å². The highest BCUT2D eigenvalue weighted by Gasteiger charge is 2.14. The zero-order valence-corrected chi connectivity index (χ0v) is 18.6. The second-order valence-electron chi connectivity index (χ2n) is 7.28. The number of hydrogen-bond acceptors (Lipinski definition) is 7. The Labute approximate surface area is 189 Å². The third kappa shape index (κ3) is 6.14. The first-order chi connectivity index (χ1) is 15.3. The molecule has 0 aliphatic carbocycles. The van der Waals surface area contributed by atoms with Crippen LogP contribution in [0.4, 0.5) is 11.4 Å². The fourth-order valence-corrected chi connectivity index (χ4v) is 3.82. The smallest absolute Gasteiger partial charge is 0.269 e. The van der Waals surface area contributed by atoms with Gasteiger partial charge in [-0.1, -0.05) is 23.9 Å². The Balaban J connectivity index is 1.72. The summed E-state index contributed by atoms with van der Waals surface area (Å²) < 4.78 is 7.15. The maximum absolute atomic E-state index is 13.0. The van der Waals surface area contributed by atoms with E-state index in [-0.39, 0.29) is 29.0 Å². The number of para-hydroxylation sites is 1. The topological polar surface area (TPSA) is 116 Å². The van der Waals surface area contributed by atoms with Crippen molar-refractivity contribution in [3.63, 3.8) is 0 Å². The van der Waals surface area contributed by atoms with Crippen molar-refractivity contribution in [2.45, 2.75) is 38.1 Å². The quantitative estimate of drug-likeness (QED) is 0.162. The van der Waals surface area contributed by atoms with E-state index in [9.17, 15) is 19.7 Å². The maximum Gasteiger partial charge on any atom is 0.269 e. The van der Waals surface area contributed by atoms with Gasteiger partial charge in [0.05, 0.1) is 27.7 Å². The monoisotopic (exact) mass is 456 g/mol. The van der Waals surface area contributed by atoms with Crippen molar-refractivity contribution in [1.29, 1.82) is 0 Å². The molecule has 168 valence electrons. The minimum atomic E-state index is -0.502. The lowest BCUT2D eigenvalue weighted by Crippen LogP contribution is -2.25. The summed E-state index contributed by atoms with van der Waals surface area (Å²) in [5.41, 5.74) is 0.822. The van der Waals surface area contributed by atoms with Crippen molar-refractivity contribution < 1.29 is 14.5 Å². The standard InChI is InChI=1S/C22H24N4O5S/c1-15(2)31-13-5-12-25-21(28)18-6-3-4-7-19(18)24-22(25)32-14-20(27)23-16-8-10-17(11-9-16)26(29)30/h3-4,6-11,15H,5,12-14H2,1-2H3,(H,23,27). The number of amides is 1. The van der Waals surface area contributed by atoms with Crippen LogP contribution < -0.4 is 10.9 Å². The molecule has 0 bridgehead atoms. The lowest BCUT2D eigenvalue weighted by Gasteiger charge is -2.14. The molecule has 2 aromatic carbocycles. The molecule has 0 saturated heterocycles. The predicted octanol–water partition coefficient (Wildman–Crippen LogP) is 3.85. The summed E-state index contributed by atoms with van der Waals surface area (Å²) >= 11 is 1.17. The number of nitrogens with zero attached hydrogens (tertiary/aromatic N) is 3. The number of non-ortho nitro benzene ring substituents is 1. The number of carbonyl (C=O) groups excluding carboxylic acids is 1. The largest absolute Gasteiger partial charge is 0.379 e. The summed E-state index contributed by atoms with van der Waals surface area (Å²) in [5, 5.41) is 14.4. The molecule has 0 radical (unpaired) electrons. The third-order valence-corrected chi connectivity index (χ3v) is 5.47. The van der Waals surface area contributed by atoms with E-state index >= 15 is 0 Å². The summed E-state index contributed by atoms with van der Waals surface area (Å²) in [6.45, 7) is 4.85. The van der Waals surface area contributed by atoms with Gasteiger partial charge in [-0.05, 0) is 44.5 Å². The molecule has 9 nitrogen and oxygen atoms in total. The van der Waals surface area contributed by atoms with Crippen LogP contribution in [0, 0.1) is 10.1 Å². The summed E-state index contributed by atoms with van der Waals surface area (Å²) in [5.74, 6) is -0.273. The molecule has 1 heterocycles. The Morgan fingerprint density at radius 2 is 1.94 bits per heavy atom. The summed E-state index contributed by atoms with van der Waals surface area (Å²) in [6.07, 6.45) is 0.749. The van der Waals surface area contributed by atoms with Crippen LogP contribution in [-0.4, -0.2) is 38.8 Å². The van der Waals surface area contributed by atoms with E-state index < -0.39 is 4.92 Å². The van der Waals surface area contributed by atoms with Gasteiger partial charge in [0.15, 0.2) is 5.16 Å². The van der Waals surface area contributed by atoms with E-state index in [1.807, 2.05) is 19.9 Å². The number of fused-ring (bicyclic) bond motifs is 1. The molecule has 3 rings (SSSR count). The fraction of sp³-hybridized carbons (Fsp3) is 0.318. The molecule has 0 atom stereocenters. The number of ether oxygens (including phenoxy) is 1. The molecular formula is C22H24N4O5S. The van der Waals surface area contributed by atoms with Gasteiger partial charge in [-0.3, -0.25) is 24.3 Å². The highest BCUT2D eigenvalue weighted by atomic mass is 32.2. The number of carbonyl (C=O) groups is 1. The van der Waals surface area contributed by atoms with Crippen LogP contribution in [-0.2, 0) is 16.1 Å². The summed E-state index contributed by atoms with van der Waals surface area (Å²) in [7, 11) is 0. The summed E-state index contributed by atoms with van der Waals surface area (Å²) in [6, 6.07) is 12.7. The van der Waals surface area contributed by atoms with Gasteiger partial charge < -0.3 is 10.1 Å². The molecule has 0 aliphatic heterocycles. The van der Waals surface area contributed by atoms with E-state index in [1.165, 1.54) is 36.0 Å². The Hall–Kier alpha value is -3.24. The van der Waals surface area contributed by atoms with Crippen molar-refractivity contribution in [2.24, 2.45) is 0 Å². The van der Waals surface area contributed by atoms with E-state index in [2.05, 4.69) is 10.3 Å². The Kier molecular flexibility index (Phi) is 7.96. The zero-order chi connectivity index (χ0) is 23.1. The number of anilines is 1. The summed E-state index contributed by atoms with van der Waals surface area (Å²) in [4.78, 5) is 40.2. The van der Waals surface area contributed by atoms with Crippen molar-refractivity contribution >= 4 is 39.9 Å². The number of hydrogen-bond donors (Lipinski definition) is 1. The average Bonchev–Trinajstić information content (AvgIpc) is 2.77. The number of thioether (sulfide) groups is 1. The third-order valence-electron chi connectivity index (χ3n) is 4.50. The molecule has 1 N–H and O–H groups in total. The highest BCUT2D eigenvalue weighted by molar-refractivity contribution is 7.99. The second-order valence-corrected chi connectivity index (χ2v) is 8.22. The predicted molar refractivity (Wildman–Crippen MR) is 124 cm³/mol. The van der Waals surface area contributed by atoms with Crippen molar-refractivity contribution in [3.05, 3.63) is 69.0 Å². The van der Waals surface area contributed by atoms with Crippen LogP contribution in [0.3, 0.4) is 0 Å². The van der Waals surface area contributed by atoms with Gasteiger partial charge in [-0.25, -0.2) is 4.98 Å². The molecule has 10 heteroatoms. The number of benzene rings is 2. The van der Waals surface area contributed by atoms with E-state index in [1.54, 1.807) is 22.8 Å². The Morgan fingerprint density at radius 1 is 1.22 bits per heavy atom. The first-order valence-corrected chi connectivity index (χ1v) is 11.1. The average molecular weight is 457 g/mol. The van der Waals surface area contributed by atoms with Gasteiger partial charge in [0.2, 0.25) is 5.91 Å². The molecule has 0 fully saturated rings. The van der Waals surface area contributed by atoms with Gasteiger partial charge in [0, 0.05) is 31.0 Å². The van der Waals surface area contributed by atoms with Crippen LogP contribution in [0.1, 0.15) is 20.3 Å². The number of nitro benzene ring substituents is 1. The first kappa shape index (κ1) is 23.4. The Morgan fingerprint density at radius 3 is 2.62 bits per heavy atom. The number of nitro groups is 1. The molecule has 0 saturated carbocycles. The van der Waals surface area contributed by atoms with E-state index in [0.29, 0.717) is 41.3 Å². The molecule has 0 aliphatic rings. The maximum atomic E-state index is 13.0. The Bertz CT molecular complexity index is 1160. The minimum Gasteiger partial charge on any atom is -0.379 e. The van der Waals surface area contributed by atoms with Crippen LogP contribution >= 0.6 is 11.8 Å². The van der Waals surface area contributed by atoms with Gasteiger partial charge >= 0.3 is 0 Å². The molecule has 1 amide bonds. The number of aromatic nitrogens is 2. The van der Waals surface area contributed by atoms with Crippen LogP contribution in [0.5, 0.6) is 0 Å². The SMILES string of the molecule is CC(C)OCCCn1c(SCC(=O)Nc2ccc([N+](=O)[O-])cc2)nc2ccccc2c1=O. The second kappa shape index (κ2) is 10.9. The minimum absolute atomic E-state index is 0.0320. The number of nitrogens with one attached hydrogen (secondary N) is 1. The van der Waals surface area contributed by atoms with E-state index in [4.69, 9.17) is 4.74 Å². The van der Waals surface area contributed by atoms with Gasteiger partial charge in [-0.2, -0.15) is 0 Å². The van der Waals surface area contributed by atoms with Crippen LogP contribution in [0.25, 0.3) is 10.9 Å². The molecule has 0 spiro atoms. The normalized spacial score (nSPS) is 11.1. The van der Waals surface area contributed by atoms with Crippen molar-refractivity contribution in [2.75, 3.05) is 17.7 Å². The van der Waals surface area contributed by atoms with Crippen LogP contribution in [0.15, 0.2) is 58.5 Å². The van der Waals surface area contributed by atoms with Gasteiger partial charge in [-0.15, -0.1) is 0 Å². The molecular weight excluding hydrogens is 432 g/mol. The molecule has 32 heavy (non-hydrogen) atoms. The molecule has 1 aromatic heterocycles. The molecule has 0 unspecified atom stereocenters. The van der Waals surface area contributed by atoms with E-state index in [0.717, 1.165) is 0 Å². The van der Waals surface area contributed by atoms with Gasteiger partial charge in [0.25, 0.3) is 11.2 Å². The first-order valence-electron chi connectivity index (χ1n) is 10.1. The lowest BCUT2D eigenvalue weighted by atomic mass is 10.2. The zero-order valence-electron chi connectivity index (χ0n) is 17.8. The lowest BCUT2D eigenvalue weighted by molar-refractivity contribution is -0.384. The van der Waals surface area contributed by atoms with Crippen LogP contribution in [0.2, 0.25) is 0 Å². The highest BCUT2D eigenvalue weighted by Crippen LogP contribution is 2.20. The van der Waals surface area contributed by atoms with Crippen molar-refractivity contribution in [3.8, 4) is 0 Å².